The fourth-order valence-corrected chi connectivity index (χ4v) is 4.22. The summed E-state index contributed by atoms with van der Waals surface area (Å²) in [6.45, 7) is 4.33. The summed E-state index contributed by atoms with van der Waals surface area (Å²) < 4.78 is 32.8. The van der Waals surface area contributed by atoms with Gasteiger partial charge in [0.2, 0.25) is 0 Å². The molecule has 0 radical (unpaired) electrons. The van der Waals surface area contributed by atoms with Gasteiger partial charge in [-0.2, -0.15) is 8.42 Å². The molecule has 25 heavy (non-hydrogen) atoms. The molecule has 0 atom stereocenters. The molecule has 0 aliphatic heterocycles. The van der Waals surface area contributed by atoms with E-state index in [-0.39, 0.29) is 4.90 Å². The molecule has 1 rings (SSSR count). The van der Waals surface area contributed by atoms with E-state index >= 15 is 0 Å². The molecule has 0 spiro atoms. The predicted molar refractivity (Wildman–Crippen MR) is 106 cm³/mol. The molecule has 0 aliphatic carbocycles. The third-order valence-corrected chi connectivity index (χ3v) is 5.75. The molecule has 0 aliphatic rings. The van der Waals surface area contributed by atoms with Crippen molar-refractivity contribution in [1.29, 1.82) is 0 Å². The Bertz CT molecular complexity index is 579. The van der Waals surface area contributed by atoms with Crippen LogP contribution < -0.4 is 0 Å². The summed E-state index contributed by atoms with van der Waals surface area (Å²) in [6.07, 6.45) is 15.2. The second-order valence-electron chi connectivity index (χ2n) is 7.05. The number of aryl methyl sites for hydroxylation is 1. The van der Waals surface area contributed by atoms with Crippen LogP contribution in [0.5, 0.6) is 0 Å². The van der Waals surface area contributed by atoms with Crippen LogP contribution >= 0.6 is 0 Å². The van der Waals surface area contributed by atoms with Gasteiger partial charge in [0.05, 0.1) is 4.90 Å². The van der Waals surface area contributed by atoms with Crippen LogP contribution in [0.4, 0.5) is 0 Å². The molecule has 0 amide bonds. The number of rotatable bonds is 14. The van der Waals surface area contributed by atoms with Crippen molar-refractivity contribution in [2.75, 3.05) is 0 Å². The predicted octanol–water partition coefficient (Wildman–Crippen LogP) is 6.35. The Morgan fingerprint density at radius 3 is 1.84 bits per heavy atom. The molecule has 4 heteroatoms. The highest BCUT2D eigenvalue weighted by Crippen LogP contribution is 2.24. The second kappa shape index (κ2) is 12.5. The third-order valence-electron chi connectivity index (χ3n) is 4.81. The van der Waals surface area contributed by atoms with Crippen molar-refractivity contribution in [2.24, 2.45) is 0 Å². The number of unbranched alkanes of at least 4 members (excludes halogenated alkanes) is 9. The van der Waals surface area contributed by atoms with Crippen LogP contribution in [0.2, 0.25) is 0 Å². The minimum atomic E-state index is -4.14. The molecule has 0 heterocycles. The highest BCUT2D eigenvalue weighted by molar-refractivity contribution is 7.85. The van der Waals surface area contributed by atoms with E-state index in [1.54, 1.807) is 6.07 Å². The highest BCUT2D eigenvalue weighted by Gasteiger charge is 2.17. The van der Waals surface area contributed by atoms with Gasteiger partial charge in [0.15, 0.2) is 0 Å². The number of hydrogen-bond donors (Lipinski definition) is 1. The molecule has 0 unspecified atom stereocenters. The molecule has 3 nitrogen and oxygen atoms in total. The fraction of sp³-hybridized carbons (Fsp3) is 0.714. The van der Waals surface area contributed by atoms with Gasteiger partial charge in [0.25, 0.3) is 10.1 Å². The van der Waals surface area contributed by atoms with Crippen molar-refractivity contribution in [3.8, 4) is 0 Å². The largest absolute Gasteiger partial charge is 0.294 e. The van der Waals surface area contributed by atoms with Crippen molar-refractivity contribution < 1.29 is 13.0 Å². The van der Waals surface area contributed by atoms with E-state index in [9.17, 15) is 13.0 Å². The summed E-state index contributed by atoms with van der Waals surface area (Å²) in [7, 11) is -4.14. The monoisotopic (exact) mass is 368 g/mol. The maximum atomic E-state index is 11.6. The minimum Gasteiger partial charge on any atom is -0.282 e. The Kier molecular flexibility index (Phi) is 11.1. The Morgan fingerprint density at radius 2 is 1.32 bits per heavy atom. The van der Waals surface area contributed by atoms with Crippen LogP contribution in [-0.2, 0) is 23.0 Å². The Morgan fingerprint density at radius 1 is 0.760 bits per heavy atom. The SMILES string of the molecule is CCCCCCCCCCCCc1c(CCC)cccc1S(=O)(=O)O. The minimum absolute atomic E-state index is 0.106. The Balaban J connectivity index is 2.41. The van der Waals surface area contributed by atoms with Crippen molar-refractivity contribution >= 4 is 10.1 Å². The van der Waals surface area contributed by atoms with Gasteiger partial charge < -0.3 is 0 Å². The average Bonchev–Trinajstić information content (AvgIpc) is 2.57. The smallest absolute Gasteiger partial charge is 0.282 e. The van der Waals surface area contributed by atoms with Crippen LogP contribution in [0.25, 0.3) is 0 Å². The first-order chi connectivity index (χ1) is 12.0. The maximum Gasteiger partial charge on any atom is 0.294 e. The molecule has 1 aromatic carbocycles. The average molecular weight is 369 g/mol. The Hall–Kier alpha value is -0.870. The zero-order valence-corrected chi connectivity index (χ0v) is 16.9. The normalized spacial score (nSPS) is 11.8. The zero-order chi connectivity index (χ0) is 18.5. The summed E-state index contributed by atoms with van der Waals surface area (Å²) in [5.74, 6) is 0. The van der Waals surface area contributed by atoms with Crippen molar-refractivity contribution in [3.63, 3.8) is 0 Å². The number of benzene rings is 1. The molecule has 0 saturated heterocycles. The zero-order valence-electron chi connectivity index (χ0n) is 16.1. The van der Waals surface area contributed by atoms with Crippen LogP contribution in [0, 0.1) is 0 Å². The summed E-state index contributed by atoms with van der Waals surface area (Å²) in [6, 6.07) is 5.25. The molecule has 0 saturated carbocycles. The first-order valence-corrected chi connectivity index (χ1v) is 11.5. The molecule has 0 bridgehead atoms. The molecule has 0 aromatic heterocycles. The van der Waals surface area contributed by atoms with Gasteiger partial charge in [-0.25, -0.2) is 0 Å². The van der Waals surface area contributed by atoms with Gasteiger partial charge in [0, 0.05) is 0 Å². The van der Waals surface area contributed by atoms with Crippen molar-refractivity contribution in [1.82, 2.24) is 0 Å². The van der Waals surface area contributed by atoms with Gasteiger partial charge in [-0.05, 0) is 36.5 Å². The van der Waals surface area contributed by atoms with Crippen LogP contribution in [0.1, 0.15) is 95.6 Å². The van der Waals surface area contributed by atoms with E-state index in [4.69, 9.17) is 0 Å². The lowest BCUT2D eigenvalue weighted by Crippen LogP contribution is -2.06. The quantitative estimate of drug-likeness (QED) is 0.307. The van der Waals surface area contributed by atoms with Gasteiger partial charge >= 0.3 is 0 Å². The fourth-order valence-electron chi connectivity index (χ4n) is 3.43. The standard InChI is InChI=1S/C21H36O3S/c1-3-5-6-7-8-9-10-11-12-13-17-20-19(15-4-2)16-14-18-21(20)25(22,23)24/h14,16,18H,3-13,15,17H2,1-2H3,(H,22,23,24). The van der Waals surface area contributed by atoms with E-state index in [1.165, 1.54) is 57.4 Å². The molecule has 144 valence electrons. The van der Waals surface area contributed by atoms with Crippen LogP contribution in [-0.4, -0.2) is 13.0 Å². The van der Waals surface area contributed by atoms with E-state index in [1.807, 2.05) is 6.07 Å². The summed E-state index contributed by atoms with van der Waals surface area (Å²) in [5.41, 5.74) is 1.89. The summed E-state index contributed by atoms with van der Waals surface area (Å²) in [5, 5.41) is 0. The number of hydrogen-bond acceptors (Lipinski definition) is 2. The van der Waals surface area contributed by atoms with E-state index in [0.29, 0.717) is 0 Å². The van der Waals surface area contributed by atoms with Crippen LogP contribution in [0.15, 0.2) is 23.1 Å². The van der Waals surface area contributed by atoms with Crippen molar-refractivity contribution in [2.45, 2.75) is 102 Å². The van der Waals surface area contributed by atoms with Gasteiger partial charge in [-0.1, -0.05) is 90.2 Å². The maximum absolute atomic E-state index is 11.6. The first kappa shape index (κ1) is 22.2. The van der Waals surface area contributed by atoms with Gasteiger partial charge in [-0.15, -0.1) is 0 Å². The van der Waals surface area contributed by atoms with E-state index < -0.39 is 10.1 Å². The van der Waals surface area contributed by atoms with Crippen LogP contribution in [0.3, 0.4) is 0 Å². The van der Waals surface area contributed by atoms with E-state index in [2.05, 4.69) is 13.8 Å². The third kappa shape index (κ3) is 8.87. The molecular weight excluding hydrogens is 332 g/mol. The first-order valence-electron chi connectivity index (χ1n) is 10.1. The van der Waals surface area contributed by atoms with Gasteiger partial charge in [-0.3, -0.25) is 4.55 Å². The summed E-state index contributed by atoms with van der Waals surface area (Å²) in [4.78, 5) is 0.106. The second-order valence-corrected chi connectivity index (χ2v) is 8.44. The van der Waals surface area contributed by atoms with Gasteiger partial charge in [0.1, 0.15) is 0 Å². The Labute approximate surface area is 155 Å². The highest BCUT2D eigenvalue weighted by atomic mass is 32.2. The van der Waals surface area contributed by atoms with Crippen molar-refractivity contribution in [3.05, 3.63) is 29.3 Å². The molecule has 0 fully saturated rings. The molecule has 1 aromatic rings. The van der Waals surface area contributed by atoms with E-state index in [0.717, 1.165) is 43.2 Å². The lowest BCUT2D eigenvalue weighted by atomic mass is 9.97. The molecular formula is C21H36O3S. The summed E-state index contributed by atoms with van der Waals surface area (Å²) >= 11 is 0. The topological polar surface area (TPSA) is 54.4 Å². The molecule has 1 N–H and O–H groups in total. The lowest BCUT2D eigenvalue weighted by Gasteiger charge is -2.13. The lowest BCUT2D eigenvalue weighted by molar-refractivity contribution is 0.481.